The Kier molecular flexibility index (Phi) is 2.61. The zero-order chi connectivity index (χ0) is 11.8. The lowest BCUT2D eigenvalue weighted by Gasteiger charge is -2.40. The van der Waals surface area contributed by atoms with Gasteiger partial charge in [0.15, 0.2) is 6.10 Å². The first-order chi connectivity index (χ1) is 8.24. The number of rotatable bonds is 1. The third kappa shape index (κ3) is 1.94. The van der Waals surface area contributed by atoms with E-state index in [2.05, 4.69) is 0 Å². The van der Waals surface area contributed by atoms with Crippen molar-refractivity contribution in [2.24, 2.45) is 0 Å². The van der Waals surface area contributed by atoms with E-state index in [4.69, 9.17) is 9.47 Å². The highest BCUT2D eigenvalue weighted by atomic mass is 16.6. The highest BCUT2D eigenvalue weighted by Crippen LogP contribution is 2.36. The molecule has 90 valence electrons. The van der Waals surface area contributed by atoms with Crippen molar-refractivity contribution < 1.29 is 19.4 Å². The number of aliphatic hydroxyl groups excluding tert-OH is 1. The van der Waals surface area contributed by atoms with Crippen LogP contribution >= 0.6 is 0 Å². The Labute approximate surface area is 99.2 Å². The standard InChI is InChI=1S/C13H14O4/c14-12-11-7-9(16-13(12)15)6-10(17-11)8-4-2-1-3-5-8/h1-5,9-12,14H,6-7H2. The summed E-state index contributed by atoms with van der Waals surface area (Å²) in [5.41, 5.74) is 1.06. The molecule has 17 heavy (non-hydrogen) atoms. The molecule has 0 radical (unpaired) electrons. The lowest BCUT2D eigenvalue weighted by Crippen LogP contribution is -2.50. The number of hydrogen-bond acceptors (Lipinski definition) is 4. The molecule has 2 aliphatic heterocycles. The largest absolute Gasteiger partial charge is 0.460 e. The molecule has 4 nitrogen and oxygen atoms in total. The molecular formula is C13H14O4. The van der Waals surface area contributed by atoms with E-state index >= 15 is 0 Å². The van der Waals surface area contributed by atoms with Gasteiger partial charge in [0, 0.05) is 12.8 Å². The first-order valence-electron chi connectivity index (χ1n) is 5.83. The fourth-order valence-corrected chi connectivity index (χ4v) is 2.48. The highest BCUT2D eigenvalue weighted by Gasteiger charge is 2.44. The minimum absolute atomic E-state index is 0.0947. The maximum absolute atomic E-state index is 11.3. The van der Waals surface area contributed by atoms with Crippen molar-refractivity contribution in [3.05, 3.63) is 35.9 Å². The average molecular weight is 234 g/mol. The summed E-state index contributed by atoms with van der Waals surface area (Å²) in [6.07, 6.45) is -0.537. The van der Waals surface area contributed by atoms with Gasteiger partial charge in [0.1, 0.15) is 6.10 Å². The molecule has 4 unspecified atom stereocenters. The van der Waals surface area contributed by atoms with Crippen LogP contribution in [0.1, 0.15) is 24.5 Å². The molecule has 0 aliphatic carbocycles. The van der Waals surface area contributed by atoms with E-state index in [-0.39, 0.29) is 12.2 Å². The monoisotopic (exact) mass is 234 g/mol. The van der Waals surface area contributed by atoms with E-state index in [0.29, 0.717) is 12.8 Å². The molecule has 1 N–H and O–H groups in total. The second-order valence-electron chi connectivity index (χ2n) is 4.55. The van der Waals surface area contributed by atoms with Gasteiger partial charge in [-0.2, -0.15) is 0 Å². The van der Waals surface area contributed by atoms with Crippen LogP contribution in [-0.2, 0) is 14.3 Å². The number of ether oxygens (including phenoxy) is 2. The van der Waals surface area contributed by atoms with Crippen LogP contribution in [0.2, 0.25) is 0 Å². The molecule has 3 rings (SSSR count). The van der Waals surface area contributed by atoms with Crippen molar-refractivity contribution in [1.82, 2.24) is 0 Å². The van der Waals surface area contributed by atoms with Crippen LogP contribution in [0.15, 0.2) is 30.3 Å². The summed E-state index contributed by atoms with van der Waals surface area (Å²) in [4.78, 5) is 11.3. The topological polar surface area (TPSA) is 55.8 Å². The number of hydrogen-bond donors (Lipinski definition) is 1. The summed E-state index contributed by atoms with van der Waals surface area (Å²) in [6, 6.07) is 9.82. The Morgan fingerprint density at radius 3 is 2.71 bits per heavy atom. The third-order valence-electron chi connectivity index (χ3n) is 3.36. The van der Waals surface area contributed by atoms with Gasteiger partial charge in [-0.15, -0.1) is 0 Å². The lowest BCUT2D eigenvalue weighted by atomic mass is 9.92. The molecule has 1 aromatic carbocycles. The van der Waals surface area contributed by atoms with Crippen molar-refractivity contribution in [2.75, 3.05) is 0 Å². The van der Waals surface area contributed by atoms with Gasteiger partial charge >= 0.3 is 5.97 Å². The van der Waals surface area contributed by atoms with Crippen molar-refractivity contribution in [1.29, 1.82) is 0 Å². The second-order valence-corrected chi connectivity index (χ2v) is 4.55. The van der Waals surface area contributed by atoms with Crippen molar-refractivity contribution in [3.63, 3.8) is 0 Å². The molecule has 0 amide bonds. The predicted octanol–water partition coefficient (Wildman–Crippen LogP) is 1.19. The maximum atomic E-state index is 11.3. The third-order valence-corrected chi connectivity index (χ3v) is 3.36. The van der Waals surface area contributed by atoms with Gasteiger partial charge in [-0.1, -0.05) is 30.3 Å². The van der Waals surface area contributed by atoms with E-state index in [1.54, 1.807) is 0 Å². The first kappa shape index (κ1) is 10.7. The second kappa shape index (κ2) is 4.13. The molecule has 0 saturated carbocycles. The van der Waals surface area contributed by atoms with Gasteiger partial charge in [-0.25, -0.2) is 4.79 Å². The van der Waals surface area contributed by atoms with E-state index in [9.17, 15) is 9.90 Å². The Morgan fingerprint density at radius 2 is 1.94 bits per heavy atom. The van der Waals surface area contributed by atoms with Crippen LogP contribution < -0.4 is 0 Å². The van der Waals surface area contributed by atoms with Crippen molar-refractivity contribution >= 4 is 5.97 Å². The minimum atomic E-state index is -1.14. The van der Waals surface area contributed by atoms with E-state index < -0.39 is 18.2 Å². The summed E-state index contributed by atoms with van der Waals surface area (Å²) in [6.45, 7) is 0. The molecule has 4 atom stereocenters. The minimum Gasteiger partial charge on any atom is -0.460 e. The van der Waals surface area contributed by atoms with Crippen molar-refractivity contribution in [2.45, 2.75) is 37.3 Å². The Balaban J connectivity index is 1.81. The molecule has 2 saturated heterocycles. The molecule has 2 aliphatic rings. The Hall–Kier alpha value is -1.39. The molecule has 0 aromatic heterocycles. The fraction of sp³-hybridized carbons (Fsp3) is 0.462. The zero-order valence-corrected chi connectivity index (χ0v) is 9.28. The SMILES string of the molecule is O=C1OC2CC(c3ccccc3)OC(C2)C1O. The molecule has 2 heterocycles. The highest BCUT2D eigenvalue weighted by molar-refractivity contribution is 5.76. The number of aliphatic hydroxyl groups is 1. The first-order valence-corrected chi connectivity index (χ1v) is 5.83. The summed E-state index contributed by atoms with van der Waals surface area (Å²) in [5.74, 6) is -0.558. The normalized spacial score (nSPS) is 36.4. The maximum Gasteiger partial charge on any atom is 0.337 e. The van der Waals surface area contributed by atoms with Crippen LogP contribution in [0, 0.1) is 0 Å². The van der Waals surface area contributed by atoms with Gasteiger partial charge in [0.25, 0.3) is 0 Å². The summed E-state index contributed by atoms with van der Waals surface area (Å²) in [5, 5.41) is 9.65. The Bertz CT molecular complexity index is 417. The molecule has 1 aromatic rings. The van der Waals surface area contributed by atoms with Gasteiger partial charge in [-0.3, -0.25) is 0 Å². The fourth-order valence-electron chi connectivity index (χ4n) is 2.48. The zero-order valence-electron chi connectivity index (χ0n) is 9.28. The van der Waals surface area contributed by atoms with E-state index in [0.717, 1.165) is 5.56 Å². The van der Waals surface area contributed by atoms with Gasteiger partial charge in [0.2, 0.25) is 0 Å². The number of fused-ring (bicyclic) bond motifs is 2. The molecule has 4 heteroatoms. The van der Waals surface area contributed by atoms with Crippen LogP contribution in [0.4, 0.5) is 0 Å². The van der Waals surface area contributed by atoms with Gasteiger partial charge in [0.05, 0.1) is 12.2 Å². The molecular weight excluding hydrogens is 220 g/mol. The number of esters is 1. The molecule has 0 spiro atoms. The van der Waals surface area contributed by atoms with Crippen LogP contribution in [0.3, 0.4) is 0 Å². The van der Waals surface area contributed by atoms with E-state index in [1.165, 1.54) is 0 Å². The van der Waals surface area contributed by atoms with Gasteiger partial charge in [-0.05, 0) is 5.56 Å². The van der Waals surface area contributed by atoms with Crippen LogP contribution in [0.5, 0.6) is 0 Å². The quantitative estimate of drug-likeness (QED) is 0.742. The van der Waals surface area contributed by atoms with Crippen LogP contribution in [-0.4, -0.2) is 29.4 Å². The predicted molar refractivity (Wildman–Crippen MR) is 59.2 cm³/mol. The lowest BCUT2D eigenvalue weighted by molar-refractivity contribution is -0.212. The van der Waals surface area contributed by atoms with Gasteiger partial charge < -0.3 is 14.6 Å². The summed E-state index contributed by atoms with van der Waals surface area (Å²) in [7, 11) is 0. The van der Waals surface area contributed by atoms with Crippen molar-refractivity contribution in [3.8, 4) is 0 Å². The molecule has 2 bridgehead atoms. The molecule has 2 fully saturated rings. The number of benzene rings is 1. The number of carbonyl (C=O) groups excluding carboxylic acids is 1. The Morgan fingerprint density at radius 1 is 1.18 bits per heavy atom. The summed E-state index contributed by atoms with van der Waals surface area (Å²) >= 11 is 0. The van der Waals surface area contributed by atoms with E-state index in [1.807, 2.05) is 30.3 Å². The van der Waals surface area contributed by atoms with Crippen LogP contribution in [0.25, 0.3) is 0 Å². The number of carbonyl (C=O) groups is 1. The summed E-state index contributed by atoms with van der Waals surface area (Å²) < 4.78 is 10.9. The average Bonchev–Trinajstić information content (AvgIpc) is 2.37. The smallest absolute Gasteiger partial charge is 0.337 e.